The fourth-order valence-corrected chi connectivity index (χ4v) is 4.11. The maximum atomic E-state index is 13.1. The van der Waals surface area contributed by atoms with Crippen LogP contribution < -0.4 is 19.7 Å². The Morgan fingerprint density at radius 1 is 1.14 bits per heavy atom. The van der Waals surface area contributed by atoms with E-state index in [9.17, 15) is 14.7 Å². The molecule has 0 aliphatic carbocycles. The number of unbranched alkanes of at least 4 members (excludes halogenated alkanes) is 1. The predicted molar refractivity (Wildman–Crippen MR) is 142 cm³/mol. The average Bonchev–Trinajstić information content (AvgIpc) is 3.01. The van der Waals surface area contributed by atoms with Gasteiger partial charge < -0.3 is 29.7 Å². The summed E-state index contributed by atoms with van der Waals surface area (Å²) in [6, 6.07) is 14.0. The molecule has 0 bridgehead atoms. The van der Waals surface area contributed by atoms with Crippen molar-refractivity contribution in [2.75, 3.05) is 43.6 Å². The number of anilines is 3. The van der Waals surface area contributed by atoms with Crippen molar-refractivity contribution in [1.82, 2.24) is 9.88 Å². The molecule has 0 fully saturated rings. The molecule has 37 heavy (non-hydrogen) atoms. The molecule has 1 aromatic heterocycles. The van der Waals surface area contributed by atoms with E-state index in [1.165, 1.54) is 4.90 Å². The molecule has 0 unspecified atom stereocenters. The van der Waals surface area contributed by atoms with Crippen LogP contribution in [0, 0.1) is 0 Å². The largest absolute Gasteiger partial charge is 0.492 e. The number of nitrogens with one attached hydrogen (secondary N) is 1. The summed E-state index contributed by atoms with van der Waals surface area (Å²) in [5.74, 6) is 1.62. The van der Waals surface area contributed by atoms with E-state index in [0.717, 1.165) is 12.8 Å². The van der Waals surface area contributed by atoms with Crippen LogP contribution in [0.25, 0.3) is 0 Å². The Morgan fingerprint density at radius 3 is 2.70 bits per heavy atom. The number of benzene rings is 2. The molecular weight excluding hydrogens is 472 g/mol. The number of aliphatic hydroxyl groups excluding tert-OH is 1. The highest BCUT2D eigenvalue weighted by Crippen LogP contribution is 2.40. The molecule has 0 radical (unpaired) electrons. The van der Waals surface area contributed by atoms with E-state index in [1.807, 2.05) is 13.0 Å². The average molecular weight is 505 g/mol. The van der Waals surface area contributed by atoms with Crippen molar-refractivity contribution in [2.45, 2.75) is 26.7 Å². The molecule has 9 nitrogen and oxygen atoms in total. The molecule has 1 aliphatic heterocycles. The summed E-state index contributed by atoms with van der Waals surface area (Å²) >= 11 is 0. The lowest BCUT2D eigenvalue weighted by Gasteiger charge is -2.22. The van der Waals surface area contributed by atoms with E-state index in [1.54, 1.807) is 60.6 Å². The third kappa shape index (κ3) is 5.67. The molecule has 194 valence electrons. The zero-order valence-corrected chi connectivity index (χ0v) is 21.4. The summed E-state index contributed by atoms with van der Waals surface area (Å²) in [6.07, 6.45) is 3.40. The van der Waals surface area contributed by atoms with Crippen molar-refractivity contribution in [3.63, 3.8) is 0 Å². The van der Waals surface area contributed by atoms with Gasteiger partial charge in [-0.25, -0.2) is 4.98 Å². The molecule has 4 rings (SSSR count). The summed E-state index contributed by atoms with van der Waals surface area (Å²) in [5.41, 5.74) is 2.14. The van der Waals surface area contributed by atoms with Crippen LogP contribution in [0.1, 0.15) is 47.4 Å². The molecule has 1 aliphatic rings. The number of aliphatic hydroxyl groups is 1. The van der Waals surface area contributed by atoms with Crippen LogP contribution in [0.3, 0.4) is 0 Å². The molecular formula is C28H32N4O5. The fourth-order valence-electron chi connectivity index (χ4n) is 4.11. The van der Waals surface area contributed by atoms with Gasteiger partial charge in [0.1, 0.15) is 23.0 Å². The molecule has 0 atom stereocenters. The number of ether oxygens (including phenoxy) is 2. The monoisotopic (exact) mass is 504 g/mol. The minimum Gasteiger partial charge on any atom is -0.492 e. The fraction of sp³-hybridized carbons (Fsp3) is 0.321. The van der Waals surface area contributed by atoms with E-state index < -0.39 is 0 Å². The normalized spacial score (nSPS) is 12.2. The first-order valence-corrected chi connectivity index (χ1v) is 12.5. The van der Waals surface area contributed by atoms with Crippen LogP contribution in [-0.4, -0.2) is 60.2 Å². The van der Waals surface area contributed by atoms with Gasteiger partial charge in [-0.15, -0.1) is 0 Å². The van der Waals surface area contributed by atoms with Crippen molar-refractivity contribution in [1.29, 1.82) is 0 Å². The Kier molecular flexibility index (Phi) is 8.25. The lowest BCUT2D eigenvalue weighted by Crippen LogP contribution is -2.34. The van der Waals surface area contributed by atoms with Crippen molar-refractivity contribution in [3.8, 4) is 17.2 Å². The van der Waals surface area contributed by atoms with Gasteiger partial charge in [0, 0.05) is 31.8 Å². The number of pyridine rings is 1. The number of nitrogens with zero attached hydrogens (tertiary/aromatic N) is 3. The summed E-state index contributed by atoms with van der Waals surface area (Å²) in [7, 11) is 1.69. The second-order valence-corrected chi connectivity index (χ2v) is 8.64. The van der Waals surface area contributed by atoms with Crippen molar-refractivity contribution in [3.05, 3.63) is 65.9 Å². The third-order valence-electron chi connectivity index (χ3n) is 6.08. The second kappa shape index (κ2) is 11.7. The zero-order chi connectivity index (χ0) is 26.4. The number of carbonyl (C=O) groups excluding carboxylic acids is 2. The predicted octanol–water partition coefficient (Wildman–Crippen LogP) is 4.84. The van der Waals surface area contributed by atoms with Gasteiger partial charge in [-0.3, -0.25) is 9.59 Å². The van der Waals surface area contributed by atoms with E-state index in [0.29, 0.717) is 58.7 Å². The van der Waals surface area contributed by atoms with Gasteiger partial charge in [-0.05, 0) is 43.7 Å². The minimum atomic E-state index is -0.176. The quantitative estimate of drug-likeness (QED) is 0.407. The van der Waals surface area contributed by atoms with E-state index in [-0.39, 0.29) is 25.0 Å². The minimum absolute atomic E-state index is 0.0925. The van der Waals surface area contributed by atoms with E-state index in [4.69, 9.17) is 9.47 Å². The molecule has 2 N–H and O–H groups in total. The lowest BCUT2D eigenvalue weighted by molar-refractivity contribution is 0.0719. The van der Waals surface area contributed by atoms with Crippen LogP contribution in [0.5, 0.6) is 17.2 Å². The van der Waals surface area contributed by atoms with Crippen molar-refractivity contribution < 1.29 is 24.2 Å². The maximum absolute atomic E-state index is 13.1. The summed E-state index contributed by atoms with van der Waals surface area (Å²) in [6.45, 7) is 5.11. The van der Waals surface area contributed by atoms with Gasteiger partial charge >= 0.3 is 0 Å². The highest BCUT2D eigenvalue weighted by molar-refractivity contribution is 6.09. The van der Waals surface area contributed by atoms with Gasteiger partial charge in [0.2, 0.25) is 0 Å². The molecule has 2 aromatic carbocycles. The summed E-state index contributed by atoms with van der Waals surface area (Å²) in [4.78, 5) is 33.6. The van der Waals surface area contributed by atoms with E-state index in [2.05, 4.69) is 17.2 Å². The summed E-state index contributed by atoms with van der Waals surface area (Å²) in [5, 5.41) is 12.6. The Labute approximate surface area is 216 Å². The van der Waals surface area contributed by atoms with Crippen molar-refractivity contribution >= 4 is 29.0 Å². The smallest absolute Gasteiger partial charge is 0.261 e. The number of para-hydroxylation sites is 1. The number of rotatable bonds is 10. The van der Waals surface area contributed by atoms with Gasteiger partial charge in [-0.1, -0.05) is 25.5 Å². The van der Waals surface area contributed by atoms with Gasteiger partial charge in [0.15, 0.2) is 5.75 Å². The molecule has 2 heterocycles. The molecule has 2 amide bonds. The maximum Gasteiger partial charge on any atom is 0.261 e. The number of amides is 2. The Balaban J connectivity index is 1.62. The number of aromatic nitrogens is 1. The first-order chi connectivity index (χ1) is 18.0. The molecule has 0 spiro atoms. The van der Waals surface area contributed by atoms with Crippen molar-refractivity contribution in [2.24, 2.45) is 0 Å². The second-order valence-electron chi connectivity index (χ2n) is 8.64. The van der Waals surface area contributed by atoms with Crippen LogP contribution in [-0.2, 0) is 0 Å². The van der Waals surface area contributed by atoms with E-state index >= 15 is 0 Å². The number of hydrogen-bond donors (Lipinski definition) is 2. The topological polar surface area (TPSA) is 104 Å². The third-order valence-corrected chi connectivity index (χ3v) is 6.08. The molecule has 0 saturated heterocycles. The zero-order valence-electron chi connectivity index (χ0n) is 21.4. The molecule has 9 heteroatoms. The van der Waals surface area contributed by atoms with Crippen LogP contribution in [0.4, 0.5) is 17.2 Å². The number of carbonyl (C=O) groups is 2. The van der Waals surface area contributed by atoms with Crippen LogP contribution >= 0.6 is 0 Å². The number of hydrogen-bond acceptors (Lipinski definition) is 7. The van der Waals surface area contributed by atoms with Crippen LogP contribution in [0.2, 0.25) is 0 Å². The van der Waals surface area contributed by atoms with Crippen LogP contribution in [0.15, 0.2) is 54.7 Å². The molecule has 3 aromatic rings. The highest BCUT2D eigenvalue weighted by Gasteiger charge is 2.26. The SMILES string of the molecule is CCCCN(CCO)C(=O)c1ccc(Nc2cc3c(cn2)N(C)C(=O)c2ccccc2O3)c(OCC)c1. The highest BCUT2D eigenvalue weighted by atomic mass is 16.5. The first-order valence-electron chi connectivity index (χ1n) is 12.5. The standard InChI is InChI=1S/C28H32N4O5/c1-4-6-13-32(14-15-33)27(34)19-11-12-21(24(16-19)36-5-2)30-26-17-25-22(18-29-26)31(3)28(35)20-9-7-8-10-23(20)37-25/h7-12,16-18,33H,4-6,13-15H2,1-3H3,(H,29,30). The first kappa shape index (κ1) is 26.0. The molecule has 0 saturated carbocycles. The van der Waals surface area contributed by atoms with Gasteiger partial charge in [0.25, 0.3) is 11.8 Å². The number of fused-ring (bicyclic) bond motifs is 2. The lowest BCUT2D eigenvalue weighted by atomic mass is 10.1. The van der Waals surface area contributed by atoms with Gasteiger partial charge in [0.05, 0.1) is 30.7 Å². The summed E-state index contributed by atoms with van der Waals surface area (Å²) < 4.78 is 11.9. The Morgan fingerprint density at radius 2 is 1.95 bits per heavy atom. The Bertz CT molecular complexity index is 1280. The Hall–Kier alpha value is -4.11. The van der Waals surface area contributed by atoms with Gasteiger partial charge in [-0.2, -0.15) is 0 Å².